The summed E-state index contributed by atoms with van der Waals surface area (Å²) in [6.45, 7) is 4.74. The molecule has 0 radical (unpaired) electrons. The van der Waals surface area contributed by atoms with Crippen molar-refractivity contribution >= 4 is 82.7 Å². The van der Waals surface area contributed by atoms with Gasteiger partial charge in [-0.25, -0.2) is 0 Å². The highest BCUT2D eigenvalue weighted by Gasteiger charge is 2.39. The van der Waals surface area contributed by atoms with Crippen LogP contribution in [0.4, 0.5) is 17.1 Å². The normalized spacial score (nSPS) is 13.0. The predicted octanol–water partition coefficient (Wildman–Crippen LogP) is 17.7. The minimum Gasteiger partial charge on any atom is -0.456 e. The van der Waals surface area contributed by atoms with Crippen molar-refractivity contribution in [3.63, 3.8) is 0 Å². The molecule has 1 aliphatic rings. The Morgan fingerprint density at radius 1 is 0.388 bits per heavy atom. The summed E-state index contributed by atoms with van der Waals surface area (Å²) < 4.78 is 15.7. The van der Waals surface area contributed by atoms with Gasteiger partial charge in [-0.1, -0.05) is 159 Å². The topological polar surface area (TPSA) is 34.5 Å². The van der Waals surface area contributed by atoms with Crippen molar-refractivity contribution in [1.29, 1.82) is 0 Å². The Morgan fingerprint density at radius 2 is 0.940 bits per heavy atom. The third kappa shape index (κ3) is 5.47. The average Bonchev–Trinajstić information content (AvgIpc) is 4.12. The molecule has 0 atom stereocenters. The molecule has 0 bridgehead atoms. The van der Waals surface area contributed by atoms with Crippen LogP contribution in [-0.2, 0) is 5.41 Å². The lowest BCUT2D eigenvalue weighted by Gasteiger charge is -2.32. The molecule has 0 spiro atoms. The van der Waals surface area contributed by atoms with E-state index in [1.165, 1.54) is 44.1 Å². The predicted molar refractivity (Wildman–Crippen MR) is 278 cm³/mol. The highest BCUT2D eigenvalue weighted by atomic mass is 16.3. The summed E-state index contributed by atoms with van der Waals surface area (Å²) in [6.07, 6.45) is 0. The van der Waals surface area contributed by atoms with Gasteiger partial charge in [0, 0.05) is 49.3 Å². The van der Waals surface area contributed by atoms with Gasteiger partial charge in [0.2, 0.25) is 0 Å². The number of benzene rings is 10. The molecule has 316 valence electrons. The molecule has 13 aromatic rings. The Labute approximate surface area is 387 Å². The number of hydrogen-bond donors (Lipinski definition) is 0. The van der Waals surface area contributed by atoms with Crippen molar-refractivity contribution in [2.75, 3.05) is 4.90 Å². The van der Waals surface area contributed by atoms with Gasteiger partial charge in [0.05, 0.1) is 27.8 Å². The second-order valence-electron chi connectivity index (χ2n) is 18.4. The number of para-hydroxylation sites is 4. The standard InChI is InChI=1S/C63H42N2O2/c1-63(2)51-22-8-3-15-45(51)48-21-13-25-55(61(48)63)65(42-33-29-39(30-34-42)43-20-14-28-58-59(43)49-18-6-11-26-56(49)66-58)54-38-37-44(62-60(54)50-19-7-12-27-57(50)67-62)40-31-35-41(36-32-40)64-52-23-9-4-16-46(52)47-17-5-10-24-53(47)64/h3-38H,1-2H3. The van der Waals surface area contributed by atoms with Crippen molar-refractivity contribution in [3.05, 3.63) is 230 Å². The molecule has 4 heteroatoms. The average molecular weight is 859 g/mol. The van der Waals surface area contributed by atoms with E-state index < -0.39 is 0 Å². The van der Waals surface area contributed by atoms with Crippen LogP contribution in [0.2, 0.25) is 0 Å². The molecule has 0 amide bonds. The largest absolute Gasteiger partial charge is 0.456 e. The van der Waals surface area contributed by atoms with Crippen molar-refractivity contribution in [1.82, 2.24) is 4.57 Å². The third-order valence-electron chi connectivity index (χ3n) is 14.4. The fourth-order valence-corrected chi connectivity index (χ4v) is 11.4. The zero-order chi connectivity index (χ0) is 44.4. The van der Waals surface area contributed by atoms with Gasteiger partial charge < -0.3 is 18.3 Å². The van der Waals surface area contributed by atoms with E-state index in [0.29, 0.717) is 0 Å². The fraction of sp³-hybridized carbons (Fsp3) is 0.0476. The number of aromatic nitrogens is 1. The van der Waals surface area contributed by atoms with Crippen LogP contribution < -0.4 is 4.90 Å². The first-order chi connectivity index (χ1) is 33.0. The molecule has 0 saturated heterocycles. The van der Waals surface area contributed by atoms with Crippen LogP contribution in [0.15, 0.2) is 227 Å². The molecule has 0 fully saturated rings. The van der Waals surface area contributed by atoms with Crippen molar-refractivity contribution in [2.24, 2.45) is 0 Å². The number of rotatable bonds is 6. The molecular weight excluding hydrogens is 817 g/mol. The lowest BCUT2D eigenvalue weighted by Crippen LogP contribution is -2.20. The maximum atomic E-state index is 7.01. The Bertz CT molecular complexity index is 4070. The molecule has 0 unspecified atom stereocenters. The first kappa shape index (κ1) is 37.7. The smallest absolute Gasteiger partial charge is 0.145 e. The van der Waals surface area contributed by atoms with Gasteiger partial charge >= 0.3 is 0 Å². The first-order valence-electron chi connectivity index (χ1n) is 23.1. The maximum Gasteiger partial charge on any atom is 0.145 e. The number of nitrogens with zero attached hydrogens (tertiary/aromatic N) is 2. The van der Waals surface area contributed by atoms with Gasteiger partial charge in [0.1, 0.15) is 22.3 Å². The summed E-state index contributed by atoms with van der Waals surface area (Å²) in [4.78, 5) is 2.48. The fourth-order valence-electron chi connectivity index (χ4n) is 11.4. The molecule has 0 N–H and O–H groups in total. The van der Waals surface area contributed by atoms with Gasteiger partial charge in [-0.3, -0.25) is 0 Å². The van der Waals surface area contributed by atoms with Crippen LogP contribution in [0.1, 0.15) is 25.0 Å². The summed E-state index contributed by atoms with van der Waals surface area (Å²) in [7, 11) is 0. The zero-order valence-corrected chi connectivity index (χ0v) is 37.0. The van der Waals surface area contributed by atoms with Crippen molar-refractivity contribution < 1.29 is 8.83 Å². The van der Waals surface area contributed by atoms with E-state index >= 15 is 0 Å². The second-order valence-corrected chi connectivity index (χ2v) is 18.4. The maximum absolute atomic E-state index is 7.01. The van der Waals surface area contributed by atoms with E-state index in [1.54, 1.807) is 0 Å². The van der Waals surface area contributed by atoms with Gasteiger partial charge in [-0.05, 0) is 112 Å². The van der Waals surface area contributed by atoms with E-state index in [4.69, 9.17) is 8.83 Å². The molecule has 4 nitrogen and oxygen atoms in total. The Hall–Kier alpha value is -8.60. The zero-order valence-electron chi connectivity index (χ0n) is 37.0. The number of hydrogen-bond acceptors (Lipinski definition) is 3. The monoisotopic (exact) mass is 858 g/mol. The van der Waals surface area contributed by atoms with E-state index in [1.807, 2.05) is 12.1 Å². The lowest BCUT2D eigenvalue weighted by atomic mass is 9.81. The molecule has 10 aromatic carbocycles. The molecule has 0 aliphatic heterocycles. The minimum atomic E-state index is -0.256. The van der Waals surface area contributed by atoms with Gasteiger partial charge in [0.15, 0.2) is 0 Å². The summed E-state index contributed by atoms with van der Waals surface area (Å²) in [6, 6.07) is 78.8. The lowest BCUT2D eigenvalue weighted by molar-refractivity contribution is 0.661. The summed E-state index contributed by atoms with van der Waals surface area (Å²) in [5.74, 6) is 0. The Balaban J connectivity index is 0.972. The molecule has 1 aliphatic carbocycles. The quantitative estimate of drug-likeness (QED) is 0.167. The van der Waals surface area contributed by atoms with Gasteiger partial charge in [0.25, 0.3) is 0 Å². The first-order valence-corrected chi connectivity index (χ1v) is 23.1. The van der Waals surface area contributed by atoms with Gasteiger partial charge in [-0.2, -0.15) is 0 Å². The van der Waals surface area contributed by atoms with Crippen LogP contribution in [0.3, 0.4) is 0 Å². The van der Waals surface area contributed by atoms with Crippen LogP contribution in [0, 0.1) is 0 Å². The molecule has 67 heavy (non-hydrogen) atoms. The number of anilines is 3. The van der Waals surface area contributed by atoms with Crippen molar-refractivity contribution in [3.8, 4) is 39.1 Å². The van der Waals surface area contributed by atoms with E-state index in [0.717, 1.165) is 88.9 Å². The summed E-state index contributed by atoms with van der Waals surface area (Å²) in [5, 5.41) is 6.91. The third-order valence-corrected chi connectivity index (χ3v) is 14.4. The van der Waals surface area contributed by atoms with Gasteiger partial charge in [-0.15, -0.1) is 0 Å². The minimum absolute atomic E-state index is 0.256. The van der Waals surface area contributed by atoms with Crippen LogP contribution in [-0.4, -0.2) is 4.57 Å². The Morgan fingerprint density at radius 3 is 1.69 bits per heavy atom. The molecule has 14 rings (SSSR count). The Kier molecular flexibility index (Phi) is 8.00. The molecule has 3 aromatic heterocycles. The SMILES string of the molecule is CC1(C)c2ccccc2-c2cccc(N(c3ccc(-c4cccc5oc6ccccc6c45)cc3)c3ccc(-c4ccc(-n5c6ccccc6c6ccccc65)cc4)c4oc5ccccc5c34)c21. The molecular formula is C63H42N2O2. The summed E-state index contributed by atoms with van der Waals surface area (Å²) >= 11 is 0. The molecule has 0 saturated carbocycles. The summed E-state index contributed by atoms with van der Waals surface area (Å²) in [5.41, 5.74) is 19.6. The highest BCUT2D eigenvalue weighted by molar-refractivity contribution is 6.18. The second kappa shape index (κ2) is 14.2. The van der Waals surface area contributed by atoms with Crippen LogP contribution >= 0.6 is 0 Å². The van der Waals surface area contributed by atoms with E-state index in [9.17, 15) is 0 Å². The van der Waals surface area contributed by atoms with Crippen LogP contribution in [0.5, 0.6) is 0 Å². The molecule has 3 heterocycles. The number of fused-ring (bicyclic) bond motifs is 12. The number of furan rings is 2. The van der Waals surface area contributed by atoms with E-state index in [2.05, 4.69) is 230 Å². The highest BCUT2D eigenvalue weighted by Crippen LogP contribution is 2.56. The van der Waals surface area contributed by atoms with E-state index in [-0.39, 0.29) is 5.41 Å². The van der Waals surface area contributed by atoms with Crippen molar-refractivity contribution in [2.45, 2.75) is 19.3 Å². The van der Waals surface area contributed by atoms with Crippen LogP contribution in [0.25, 0.3) is 105 Å².